The second-order valence-corrected chi connectivity index (χ2v) is 17.3. The van der Waals surface area contributed by atoms with Gasteiger partial charge in [0, 0.05) is 57.0 Å². The lowest BCUT2D eigenvalue weighted by atomic mass is 9.80. The van der Waals surface area contributed by atoms with Crippen LogP contribution in [0.2, 0.25) is 0 Å². The molecule has 6 heterocycles. The van der Waals surface area contributed by atoms with Crippen LogP contribution in [0.25, 0.3) is 16.7 Å². The van der Waals surface area contributed by atoms with Crippen molar-refractivity contribution in [3.63, 3.8) is 0 Å². The van der Waals surface area contributed by atoms with Gasteiger partial charge in [-0.1, -0.05) is 6.07 Å². The van der Waals surface area contributed by atoms with Gasteiger partial charge in [0.25, 0.3) is 11.5 Å². The van der Waals surface area contributed by atoms with Crippen molar-refractivity contribution in [2.24, 2.45) is 13.0 Å². The van der Waals surface area contributed by atoms with E-state index in [1.54, 1.807) is 36.1 Å². The average Bonchev–Trinajstić information content (AvgIpc) is 3.70. The molecule has 15 heteroatoms. The van der Waals surface area contributed by atoms with E-state index in [0.29, 0.717) is 42.0 Å². The van der Waals surface area contributed by atoms with Gasteiger partial charge in [-0.2, -0.15) is 0 Å². The summed E-state index contributed by atoms with van der Waals surface area (Å²) in [6, 6.07) is 9.94. The van der Waals surface area contributed by atoms with Crippen LogP contribution in [-0.2, 0) is 16.6 Å². The Morgan fingerprint density at radius 1 is 0.966 bits per heavy atom. The number of likely N-dealkylation sites (tertiary alicyclic amines) is 1. The Morgan fingerprint density at radius 3 is 2.44 bits per heavy atom. The van der Waals surface area contributed by atoms with Crippen LogP contribution in [0.1, 0.15) is 117 Å². The van der Waals surface area contributed by atoms with E-state index < -0.39 is 35.6 Å². The summed E-state index contributed by atoms with van der Waals surface area (Å²) in [6.07, 6.45) is 11.2. The maximum Gasteiger partial charge on any atom is 0.329 e. The number of ether oxygens (including phenoxy) is 1. The minimum Gasteiger partial charge on any atom is -0.490 e. The van der Waals surface area contributed by atoms with Gasteiger partial charge in [0.2, 0.25) is 11.8 Å². The Bertz CT molecular complexity index is 2570. The van der Waals surface area contributed by atoms with Crippen LogP contribution in [0.3, 0.4) is 0 Å². The van der Waals surface area contributed by atoms with E-state index in [2.05, 4.69) is 27.7 Å². The average molecular weight is 807 g/mol. The van der Waals surface area contributed by atoms with E-state index in [1.807, 2.05) is 30.5 Å². The van der Waals surface area contributed by atoms with Crippen molar-refractivity contribution in [3.8, 4) is 5.75 Å². The number of imidazole rings is 2. The maximum absolute atomic E-state index is 13.7. The zero-order valence-corrected chi connectivity index (χ0v) is 33.7. The van der Waals surface area contributed by atoms with Crippen molar-refractivity contribution >= 4 is 40.1 Å². The van der Waals surface area contributed by atoms with Gasteiger partial charge in [-0.15, -0.1) is 0 Å². The topological polar surface area (TPSA) is 154 Å². The number of anilines is 1. The first-order valence-corrected chi connectivity index (χ1v) is 21.0. The molecule has 4 fully saturated rings. The number of aromatic nitrogens is 5. The number of nitrogens with zero attached hydrogens (tertiary/aromatic N) is 6. The van der Waals surface area contributed by atoms with Gasteiger partial charge in [0.1, 0.15) is 29.3 Å². The Labute approximate surface area is 340 Å². The Balaban J connectivity index is 0.814. The summed E-state index contributed by atoms with van der Waals surface area (Å²) >= 11 is 0. The number of halogens is 1. The third-order valence-corrected chi connectivity index (χ3v) is 12.9. The SMILES string of the molecule is CC(C)Oc1cc2nc([C@H]3CC[C@H](CN4CCC(c5ccc6c(c5)n(C)c(=O)n6C5CCC(=O)NC5=O)CC4)CC3)cn2cc1C(=O)Nc1cccn([C@H]2C[C@H]2F)c1=O. The highest BCUT2D eigenvalue weighted by Crippen LogP contribution is 2.39. The van der Waals surface area contributed by atoms with Crippen LogP contribution >= 0.6 is 0 Å². The van der Waals surface area contributed by atoms with Crippen LogP contribution in [0, 0.1) is 5.92 Å². The minimum absolute atomic E-state index is 0.0899. The molecule has 9 rings (SSSR count). The highest BCUT2D eigenvalue weighted by molar-refractivity contribution is 6.06. The fourth-order valence-corrected chi connectivity index (χ4v) is 9.57. The number of imide groups is 1. The number of nitrogens with one attached hydrogen (secondary N) is 2. The molecule has 1 unspecified atom stereocenters. The van der Waals surface area contributed by atoms with E-state index in [0.717, 1.165) is 74.9 Å². The second kappa shape index (κ2) is 15.6. The lowest BCUT2D eigenvalue weighted by Gasteiger charge is -2.36. The molecule has 2 saturated heterocycles. The van der Waals surface area contributed by atoms with E-state index in [4.69, 9.17) is 9.72 Å². The largest absolute Gasteiger partial charge is 0.490 e. The van der Waals surface area contributed by atoms with Crippen molar-refractivity contribution < 1.29 is 23.5 Å². The van der Waals surface area contributed by atoms with Crippen molar-refractivity contribution in [2.75, 3.05) is 25.0 Å². The Kier molecular flexibility index (Phi) is 10.3. The third-order valence-electron chi connectivity index (χ3n) is 12.9. The zero-order chi connectivity index (χ0) is 41.1. The molecule has 59 heavy (non-hydrogen) atoms. The summed E-state index contributed by atoms with van der Waals surface area (Å²) in [5, 5.41) is 5.12. The molecule has 2 saturated carbocycles. The predicted octanol–water partition coefficient (Wildman–Crippen LogP) is 5.60. The van der Waals surface area contributed by atoms with Crippen LogP contribution in [0.5, 0.6) is 5.75 Å². The van der Waals surface area contributed by atoms with Crippen molar-refractivity contribution in [1.82, 2.24) is 33.3 Å². The number of hydrogen-bond acceptors (Lipinski definition) is 8. The van der Waals surface area contributed by atoms with Gasteiger partial charge >= 0.3 is 5.69 Å². The summed E-state index contributed by atoms with van der Waals surface area (Å²) < 4.78 is 26.2. The van der Waals surface area contributed by atoms with Crippen LogP contribution in [-0.4, -0.2) is 77.6 Å². The summed E-state index contributed by atoms with van der Waals surface area (Å²) in [5.74, 6) is 0.479. The van der Waals surface area contributed by atoms with Crippen LogP contribution in [0.4, 0.5) is 10.1 Å². The lowest BCUT2D eigenvalue weighted by molar-refractivity contribution is -0.135. The van der Waals surface area contributed by atoms with Gasteiger partial charge in [0.05, 0.1) is 34.4 Å². The van der Waals surface area contributed by atoms with Crippen LogP contribution in [0.15, 0.2) is 64.6 Å². The molecule has 3 atom stereocenters. The molecule has 310 valence electrons. The van der Waals surface area contributed by atoms with Gasteiger partial charge in [0.15, 0.2) is 0 Å². The van der Waals surface area contributed by atoms with E-state index in [1.165, 1.54) is 20.8 Å². The summed E-state index contributed by atoms with van der Waals surface area (Å²) in [6.45, 7) is 6.88. The van der Waals surface area contributed by atoms with Gasteiger partial charge in [-0.25, -0.2) is 14.2 Å². The minimum atomic E-state index is -1.05. The number of hydrogen-bond donors (Lipinski definition) is 2. The highest BCUT2D eigenvalue weighted by atomic mass is 19.1. The normalized spacial score (nSPS) is 24.2. The Hall–Kier alpha value is -5.57. The first kappa shape index (κ1) is 38.9. The highest BCUT2D eigenvalue weighted by Gasteiger charge is 2.40. The second-order valence-electron chi connectivity index (χ2n) is 17.3. The number of alkyl halides is 1. The van der Waals surface area contributed by atoms with Gasteiger partial charge in [-0.3, -0.25) is 33.6 Å². The molecule has 4 aliphatic rings. The van der Waals surface area contributed by atoms with Crippen molar-refractivity contribution in [1.29, 1.82) is 0 Å². The number of carbonyl (C=O) groups is 3. The number of aryl methyl sites for hydroxylation is 1. The van der Waals surface area contributed by atoms with Gasteiger partial charge in [-0.05, 0) is 114 Å². The quantitative estimate of drug-likeness (QED) is 0.173. The van der Waals surface area contributed by atoms with Crippen molar-refractivity contribution in [2.45, 2.75) is 108 Å². The summed E-state index contributed by atoms with van der Waals surface area (Å²) in [7, 11) is 1.74. The zero-order valence-electron chi connectivity index (χ0n) is 33.7. The number of fused-ring (bicyclic) bond motifs is 2. The van der Waals surface area contributed by atoms with Gasteiger partial charge < -0.3 is 23.9 Å². The summed E-state index contributed by atoms with van der Waals surface area (Å²) in [4.78, 5) is 71.8. The fraction of sp³-hybridized carbons (Fsp3) is 0.500. The number of rotatable bonds is 10. The van der Waals surface area contributed by atoms with Crippen molar-refractivity contribution in [3.05, 3.63) is 92.6 Å². The summed E-state index contributed by atoms with van der Waals surface area (Å²) in [5.41, 5.74) is 4.11. The molecular weight excluding hydrogens is 756 g/mol. The van der Waals surface area contributed by atoms with E-state index in [9.17, 15) is 28.4 Å². The number of benzene rings is 1. The number of piperidine rings is 2. The van der Waals surface area contributed by atoms with E-state index in [-0.39, 0.29) is 35.4 Å². The Morgan fingerprint density at radius 2 is 1.73 bits per heavy atom. The predicted molar refractivity (Wildman–Crippen MR) is 220 cm³/mol. The fourth-order valence-electron chi connectivity index (χ4n) is 9.57. The monoisotopic (exact) mass is 806 g/mol. The number of carbonyl (C=O) groups excluding carboxylic acids is 3. The first-order valence-electron chi connectivity index (χ1n) is 21.0. The van der Waals surface area contributed by atoms with E-state index >= 15 is 0 Å². The molecule has 5 aromatic rings. The molecule has 2 N–H and O–H groups in total. The van der Waals surface area contributed by atoms with Crippen LogP contribution < -0.4 is 26.6 Å². The molecule has 2 aliphatic heterocycles. The molecule has 3 amide bonds. The molecule has 4 aromatic heterocycles. The smallest absolute Gasteiger partial charge is 0.329 e. The first-order chi connectivity index (χ1) is 28.4. The molecule has 0 spiro atoms. The molecule has 14 nitrogen and oxygen atoms in total. The molecule has 2 aliphatic carbocycles. The molecule has 0 radical (unpaired) electrons. The number of pyridine rings is 2. The molecule has 1 aromatic carbocycles. The maximum atomic E-state index is 13.7. The standard InChI is InChI=1S/C44H51FN8O6/c1-25(2)59-38-21-39-46-33(24-51(39)23-30(38)41(55)47-32-5-4-16-52(43(32)57)36-20-31(36)45)28-8-6-26(7-9-28)22-50-17-14-27(15-18-50)29-10-11-34-37(19-29)49(3)44(58)53(34)35-12-13-40(54)48-42(35)56/h4-5,10-11,16,19,21,23-28,31,35-36H,6-9,12-15,17-18,20,22H2,1-3H3,(H,47,55)(H,48,54,56)/t26-,28-,31-,35?,36+/m1/s1. The number of amides is 3. The third kappa shape index (κ3) is 7.60. The lowest BCUT2D eigenvalue weighted by Crippen LogP contribution is -2.44. The molecular formula is C44H51FN8O6. The molecule has 0 bridgehead atoms.